The van der Waals surface area contributed by atoms with Gasteiger partial charge in [0, 0.05) is 16.6 Å². The number of aromatic nitrogens is 1. The molecule has 2 amide bonds. The Balaban J connectivity index is 1.50. The third kappa shape index (κ3) is 3.82. The molecule has 0 bridgehead atoms. The van der Waals surface area contributed by atoms with E-state index < -0.39 is 0 Å². The van der Waals surface area contributed by atoms with Crippen LogP contribution in [0.4, 0.5) is 10.5 Å². The number of aryl methyl sites for hydroxylation is 2. The maximum Gasteiger partial charge on any atom is 0.323 e. The molecule has 1 N–H and O–H groups in total. The number of hydrogen-bond donors (Lipinski definition) is 1. The van der Waals surface area contributed by atoms with Crippen LogP contribution < -0.4 is 10.1 Å². The van der Waals surface area contributed by atoms with Gasteiger partial charge in [-0.05, 0) is 68.0 Å². The normalized spacial score (nSPS) is 16.6. The van der Waals surface area contributed by atoms with Crippen LogP contribution in [-0.4, -0.2) is 22.6 Å². The zero-order chi connectivity index (χ0) is 23.9. The lowest BCUT2D eigenvalue weighted by molar-refractivity contribution is 0.194. The second-order valence-electron chi connectivity index (χ2n) is 9.37. The predicted octanol–water partition coefficient (Wildman–Crippen LogP) is 6.87. The van der Waals surface area contributed by atoms with Crippen LogP contribution in [0, 0.1) is 6.92 Å². The molecule has 0 radical (unpaired) electrons. The summed E-state index contributed by atoms with van der Waals surface area (Å²) in [6.07, 6.45) is 6.84. The third-order valence-electron chi connectivity index (χ3n) is 7.18. The fraction of sp³-hybridized carbons (Fsp3) is 0.276. The van der Waals surface area contributed by atoms with Crippen LogP contribution in [0.5, 0.6) is 5.75 Å². The molecule has 2 aromatic carbocycles. The highest BCUT2D eigenvalue weighted by Crippen LogP contribution is 2.44. The van der Waals surface area contributed by atoms with E-state index in [1.54, 1.807) is 7.11 Å². The lowest BCUT2D eigenvalue weighted by Gasteiger charge is -2.31. The van der Waals surface area contributed by atoms with Crippen LogP contribution in [0.3, 0.4) is 0 Å². The summed E-state index contributed by atoms with van der Waals surface area (Å²) >= 11 is 1.91. The summed E-state index contributed by atoms with van der Waals surface area (Å²) in [5, 5.41) is 4.42. The highest BCUT2D eigenvalue weighted by molar-refractivity contribution is 7.15. The highest BCUT2D eigenvalue weighted by atomic mass is 32.1. The van der Waals surface area contributed by atoms with Crippen molar-refractivity contribution in [3.05, 3.63) is 99.7 Å². The van der Waals surface area contributed by atoms with Crippen molar-refractivity contribution in [2.24, 2.45) is 0 Å². The van der Waals surface area contributed by atoms with Crippen LogP contribution in [0.1, 0.15) is 51.7 Å². The summed E-state index contributed by atoms with van der Waals surface area (Å²) in [6, 6.07) is 20.0. The average Bonchev–Trinajstić information content (AvgIpc) is 3.47. The number of para-hydroxylation sites is 2. The lowest BCUT2D eigenvalue weighted by atomic mass is 9.95. The van der Waals surface area contributed by atoms with Gasteiger partial charge in [-0.3, -0.25) is 0 Å². The SMILES string of the molecule is COc1ccccc1NC(=O)N1Cc2c(sc3c2CCCC3)-n2cccc2C1c1ccc(C)cc1. The first-order valence-corrected chi connectivity index (χ1v) is 13.0. The number of thiophene rings is 1. The molecule has 1 aliphatic carbocycles. The van der Waals surface area contributed by atoms with Crippen molar-refractivity contribution < 1.29 is 9.53 Å². The van der Waals surface area contributed by atoms with E-state index in [0.717, 1.165) is 24.1 Å². The Bertz CT molecular complexity index is 1390. The molecule has 0 fully saturated rings. The summed E-state index contributed by atoms with van der Waals surface area (Å²) in [7, 11) is 1.63. The summed E-state index contributed by atoms with van der Waals surface area (Å²) in [4.78, 5) is 17.5. The number of hydrogen-bond acceptors (Lipinski definition) is 3. The molecule has 6 rings (SSSR count). The summed E-state index contributed by atoms with van der Waals surface area (Å²) in [6.45, 7) is 2.66. The number of urea groups is 1. The average molecular weight is 484 g/mol. The number of rotatable bonds is 3. The third-order valence-corrected chi connectivity index (χ3v) is 8.51. The Labute approximate surface area is 210 Å². The van der Waals surface area contributed by atoms with Crippen LogP contribution in [0.15, 0.2) is 66.9 Å². The van der Waals surface area contributed by atoms with E-state index in [1.165, 1.54) is 39.4 Å². The number of benzene rings is 2. The van der Waals surface area contributed by atoms with Gasteiger partial charge in [0.05, 0.1) is 31.1 Å². The minimum atomic E-state index is -0.209. The van der Waals surface area contributed by atoms with E-state index in [-0.39, 0.29) is 12.1 Å². The number of nitrogens with zero attached hydrogens (tertiary/aromatic N) is 2. The number of nitrogens with one attached hydrogen (secondary N) is 1. The zero-order valence-electron chi connectivity index (χ0n) is 20.1. The summed E-state index contributed by atoms with van der Waals surface area (Å²) < 4.78 is 7.83. The van der Waals surface area contributed by atoms with Crippen LogP contribution in [0.2, 0.25) is 0 Å². The Morgan fingerprint density at radius 3 is 2.63 bits per heavy atom. The topological polar surface area (TPSA) is 46.5 Å². The van der Waals surface area contributed by atoms with E-state index >= 15 is 0 Å². The van der Waals surface area contributed by atoms with Gasteiger partial charge in [-0.25, -0.2) is 4.79 Å². The van der Waals surface area contributed by atoms with E-state index in [2.05, 4.69) is 59.4 Å². The fourth-order valence-electron chi connectivity index (χ4n) is 5.42. The van der Waals surface area contributed by atoms with Gasteiger partial charge in [-0.15, -0.1) is 11.3 Å². The fourth-order valence-corrected chi connectivity index (χ4v) is 6.82. The van der Waals surface area contributed by atoms with Gasteiger partial charge in [0.2, 0.25) is 0 Å². The monoisotopic (exact) mass is 483 g/mol. The molecule has 0 spiro atoms. The summed E-state index contributed by atoms with van der Waals surface area (Å²) in [5.41, 5.74) is 6.85. The van der Waals surface area contributed by atoms with Crippen molar-refractivity contribution in [2.75, 3.05) is 12.4 Å². The van der Waals surface area contributed by atoms with E-state index in [9.17, 15) is 4.79 Å². The van der Waals surface area contributed by atoms with Crippen LogP contribution in [0.25, 0.3) is 5.00 Å². The first-order chi connectivity index (χ1) is 17.1. The van der Waals surface area contributed by atoms with Gasteiger partial charge in [0.1, 0.15) is 10.8 Å². The van der Waals surface area contributed by atoms with Gasteiger partial charge in [-0.1, -0.05) is 42.0 Å². The number of amides is 2. The van der Waals surface area contributed by atoms with Crippen molar-refractivity contribution in [3.8, 4) is 10.8 Å². The standard InChI is InChI=1S/C29H29N3O2S/c1-19-13-15-20(16-14-19)27-24-10-7-17-31(24)28-22(21-8-3-6-12-26(21)35-28)18-32(27)29(33)30-23-9-4-5-11-25(23)34-2/h4-5,7,9-11,13-17,27H,3,6,8,12,18H2,1-2H3,(H,30,33). The number of carbonyl (C=O) groups is 1. The summed E-state index contributed by atoms with van der Waals surface area (Å²) in [5.74, 6) is 0.652. The van der Waals surface area contributed by atoms with E-state index in [1.807, 2.05) is 40.5 Å². The minimum absolute atomic E-state index is 0.128. The molecule has 1 atom stereocenters. The minimum Gasteiger partial charge on any atom is -0.495 e. The molecule has 5 nitrogen and oxygen atoms in total. The molecule has 0 saturated carbocycles. The second kappa shape index (κ2) is 8.93. The molecular formula is C29H29N3O2S. The van der Waals surface area contributed by atoms with E-state index in [4.69, 9.17) is 4.74 Å². The Kier molecular flexibility index (Phi) is 5.61. The van der Waals surface area contributed by atoms with Gasteiger partial charge in [0.15, 0.2) is 0 Å². The molecule has 4 aromatic rings. The molecule has 3 heterocycles. The number of fused-ring (bicyclic) bond motifs is 5. The van der Waals surface area contributed by atoms with Crippen molar-refractivity contribution >= 4 is 23.1 Å². The quantitative estimate of drug-likeness (QED) is 0.346. The second-order valence-corrected chi connectivity index (χ2v) is 10.5. The molecule has 35 heavy (non-hydrogen) atoms. The largest absolute Gasteiger partial charge is 0.495 e. The molecule has 0 saturated heterocycles. The molecular weight excluding hydrogens is 454 g/mol. The van der Waals surface area contributed by atoms with Crippen molar-refractivity contribution in [1.29, 1.82) is 0 Å². The first kappa shape index (κ1) is 22.0. The highest BCUT2D eigenvalue weighted by Gasteiger charge is 2.36. The van der Waals surface area contributed by atoms with E-state index in [0.29, 0.717) is 18.0 Å². The first-order valence-electron chi connectivity index (χ1n) is 12.2. The van der Waals surface area contributed by atoms with Crippen molar-refractivity contribution in [2.45, 2.75) is 45.2 Å². The van der Waals surface area contributed by atoms with Gasteiger partial charge < -0.3 is 19.5 Å². The number of anilines is 1. The molecule has 1 aliphatic heterocycles. The molecule has 2 aliphatic rings. The smallest absolute Gasteiger partial charge is 0.323 e. The van der Waals surface area contributed by atoms with Gasteiger partial charge >= 0.3 is 6.03 Å². The van der Waals surface area contributed by atoms with Gasteiger partial charge in [0.25, 0.3) is 0 Å². The molecule has 1 unspecified atom stereocenters. The molecule has 6 heteroatoms. The van der Waals surface area contributed by atoms with Crippen LogP contribution >= 0.6 is 11.3 Å². The maximum absolute atomic E-state index is 14.0. The zero-order valence-corrected chi connectivity index (χ0v) is 20.9. The van der Waals surface area contributed by atoms with Gasteiger partial charge in [-0.2, -0.15) is 0 Å². The number of methoxy groups -OCH3 is 1. The molecule has 178 valence electrons. The predicted molar refractivity (Wildman–Crippen MR) is 141 cm³/mol. The van der Waals surface area contributed by atoms with Crippen LogP contribution in [-0.2, 0) is 19.4 Å². The van der Waals surface area contributed by atoms with Crippen molar-refractivity contribution in [3.63, 3.8) is 0 Å². The Hall–Kier alpha value is -3.51. The number of ether oxygens (including phenoxy) is 1. The lowest BCUT2D eigenvalue weighted by Crippen LogP contribution is -2.38. The number of carbonyl (C=O) groups excluding carboxylic acids is 1. The Morgan fingerprint density at radius 2 is 1.80 bits per heavy atom. The Morgan fingerprint density at radius 1 is 1.00 bits per heavy atom. The maximum atomic E-state index is 14.0. The molecule has 2 aromatic heterocycles. The van der Waals surface area contributed by atoms with Crippen molar-refractivity contribution in [1.82, 2.24) is 9.47 Å².